The molecule has 0 saturated heterocycles. The molecule has 10 aromatic rings. The Balaban J connectivity index is 1.35. The van der Waals surface area contributed by atoms with E-state index in [9.17, 15) is 10.5 Å². The number of aryl methyl sites for hydroxylation is 2. The smallest absolute Gasteiger partial charge is 0.308 e. The van der Waals surface area contributed by atoms with Crippen LogP contribution in [0.3, 0.4) is 0 Å². The first-order valence-electron chi connectivity index (χ1n) is 19.5. The third kappa shape index (κ3) is 5.59. The number of hydrogen-bond donors (Lipinski definition) is 0. The Hall–Kier alpha value is -7.87. The molecule has 0 aliphatic heterocycles. The number of fused-ring (bicyclic) bond motifs is 6. The Morgan fingerprint density at radius 1 is 0.467 bits per heavy atom. The van der Waals surface area contributed by atoms with E-state index in [0.29, 0.717) is 16.7 Å². The largest absolute Gasteiger partial charge is 0.417 e. The Bertz CT molecular complexity index is 3480. The molecule has 0 N–H and O–H groups in total. The quantitative estimate of drug-likeness (QED) is 0.175. The van der Waals surface area contributed by atoms with Gasteiger partial charge in [-0.3, -0.25) is 0 Å². The van der Waals surface area contributed by atoms with Crippen LogP contribution in [0.1, 0.15) is 27.8 Å². The number of nitrogens with zero attached hydrogens (tertiary/aromatic N) is 4. The van der Waals surface area contributed by atoms with Crippen molar-refractivity contribution in [1.82, 2.24) is 9.13 Å². The number of nitriles is 2. The first kappa shape index (κ1) is 36.5. The van der Waals surface area contributed by atoms with E-state index in [-0.39, 0.29) is 27.9 Å². The van der Waals surface area contributed by atoms with Gasteiger partial charge in [0.05, 0.1) is 50.6 Å². The second kappa shape index (κ2) is 13.9. The van der Waals surface area contributed by atoms with Gasteiger partial charge in [-0.15, -0.1) is 0 Å². The van der Waals surface area contributed by atoms with E-state index in [1.807, 2.05) is 100 Å². The molecular weight excluding hydrogens is 750 g/mol. The maximum Gasteiger partial charge on any atom is 0.417 e. The van der Waals surface area contributed by atoms with E-state index in [4.69, 9.17) is 0 Å². The Morgan fingerprint density at radius 2 is 0.983 bits per heavy atom. The number of benzene rings is 8. The van der Waals surface area contributed by atoms with Crippen molar-refractivity contribution in [2.45, 2.75) is 20.0 Å². The highest BCUT2D eigenvalue weighted by atomic mass is 19.4. The number of aromatic nitrogens is 2. The fourth-order valence-corrected chi connectivity index (χ4v) is 9.06. The minimum Gasteiger partial charge on any atom is -0.308 e. The molecule has 10 rings (SSSR count). The normalized spacial score (nSPS) is 11.7. The molecule has 0 atom stereocenters. The number of alkyl halides is 3. The van der Waals surface area contributed by atoms with Crippen molar-refractivity contribution in [2.75, 3.05) is 0 Å². The van der Waals surface area contributed by atoms with Gasteiger partial charge in [-0.2, -0.15) is 23.7 Å². The molecule has 0 amide bonds. The van der Waals surface area contributed by atoms with Gasteiger partial charge in [-0.1, -0.05) is 109 Å². The summed E-state index contributed by atoms with van der Waals surface area (Å²) in [4.78, 5) is 0. The molecule has 0 fully saturated rings. The van der Waals surface area contributed by atoms with Crippen LogP contribution in [0.4, 0.5) is 13.2 Å². The minimum absolute atomic E-state index is 0.119. The summed E-state index contributed by atoms with van der Waals surface area (Å²) >= 11 is 0. The van der Waals surface area contributed by atoms with Gasteiger partial charge in [0.15, 0.2) is 0 Å². The van der Waals surface area contributed by atoms with Gasteiger partial charge in [-0.05, 0) is 102 Å². The molecule has 0 bridgehead atoms. The molecule has 0 aliphatic rings. The van der Waals surface area contributed by atoms with Crippen LogP contribution in [0.15, 0.2) is 164 Å². The molecule has 60 heavy (non-hydrogen) atoms. The average Bonchev–Trinajstić information content (AvgIpc) is 3.77. The molecule has 0 radical (unpaired) electrons. The van der Waals surface area contributed by atoms with Crippen molar-refractivity contribution in [3.8, 4) is 56.9 Å². The summed E-state index contributed by atoms with van der Waals surface area (Å²) in [6.07, 6.45) is -4.80. The van der Waals surface area contributed by atoms with Crippen molar-refractivity contribution < 1.29 is 13.2 Å². The van der Waals surface area contributed by atoms with Crippen molar-refractivity contribution in [1.29, 1.82) is 10.5 Å². The van der Waals surface area contributed by atoms with Crippen LogP contribution in [0.5, 0.6) is 0 Å². The van der Waals surface area contributed by atoms with E-state index >= 15 is 13.2 Å². The van der Waals surface area contributed by atoms with Crippen LogP contribution < -0.4 is 0 Å². The van der Waals surface area contributed by atoms with Crippen LogP contribution in [-0.4, -0.2) is 9.13 Å². The molecule has 2 heterocycles. The highest BCUT2D eigenvalue weighted by Gasteiger charge is 2.36. The van der Waals surface area contributed by atoms with Gasteiger partial charge in [-0.25, -0.2) is 0 Å². The lowest BCUT2D eigenvalue weighted by Crippen LogP contribution is -2.11. The van der Waals surface area contributed by atoms with Gasteiger partial charge in [0.25, 0.3) is 0 Å². The third-order valence-electron chi connectivity index (χ3n) is 11.7. The zero-order valence-corrected chi connectivity index (χ0v) is 32.5. The number of para-hydroxylation sites is 2. The molecule has 286 valence electrons. The van der Waals surface area contributed by atoms with Gasteiger partial charge < -0.3 is 9.13 Å². The van der Waals surface area contributed by atoms with Gasteiger partial charge >= 0.3 is 6.18 Å². The maximum atomic E-state index is 15.1. The van der Waals surface area contributed by atoms with Crippen LogP contribution in [0.25, 0.3) is 88.4 Å². The van der Waals surface area contributed by atoms with Crippen molar-refractivity contribution in [2.24, 2.45) is 0 Å². The Morgan fingerprint density at radius 3 is 1.53 bits per heavy atom. The summed E-state index contributed by atoms with van der Waals surface area (Å²) in [5, 5.41) is 25.6. The van der Waals surface area contributed by atoms with Crippen molar-refractivity contribution in [3.05, 3.63) is 192 Å². The molecular formula is C53H33F3N4. The monoisotopic (exact) mass is 782 g/mol. The van der Waals surface area contributed by atoms with Crippen molar-refractivity contribution >= 4 is 43.6 Å². The average molecular weight is 783 g/mol. The molecule has 8 aromatic carbocycles. The topological polar surface area (TPSA) is 57.4 Å². The number of rotatable bonds is 5. The third-order valence-corrected chi connectivity index (χ3v) is 11.7. The molecule has 0 spiro atoms. The van der Waals surface area contributed by atoms with Gasteiger partial charge in [0, 0.05) is 32.7 Å². The van der Waals surface area contributed by atoms with E-state index in [1.165, 1.54) is 12.1 Å². The van der Waals surface area contributed by atoms with E-state index in [0.717, 1.165) is 72.0 Å². The molecule has 4 nitrogen and oxygen atoms in total. The SMILES string of the molecule is Cc1ccccc1-c1ccc2c(c1)c1ccccc1n2-c1ccc(-c2c(C#N)cccc2C(F)(F)F)c(-n2c3ccccc3c3cc(-c4ccccc4C)ccc32)c1C#N. The second-order valence-corrected chi connectivity index (χ2v) is 15.1. The molecule has 0 unspecified atom stereocenters. The predicted octanol–water partition coefficient (Wildman–Crippen LogP) is 14.3. The number of halogens is 3. The molecule has 0 aliphatic carbocycles. The van der Waals surface area contributed by atoms with Gasteiger partial charge in [0.2, 0.25) is 0 Å². The summed E-state index contributed by atoms with van der Waals surface area (Å²) in [7, 11) is 0. The highest BCUT2D eigenvalue weighted by molar-refractivity contribution is 6.13. The minimum atomic E-state index is -4.80. The highest BCUT2D eigenvalue weighted by Crippen LogP contribution is 2.47. The predicted molar refractivity (Wildman–Crippen MR) is 235 cm³/mol. The van der Waals surface area contributed by atoms with Crippen LogP contribution in [0.2, 0.25) is 0 Å². The van der Waals surface area contributed by atoms with Crippen molar-refractivity contribution in [3.63, 3.8) is 0 Å². The zero-order chi connectivity index (χ0) is 41.3. The maximum absolute atomic E-state index is 15.1. The lowest BCUT2D eigenvalue weighted by molar-refractivity contribution is -0.137. The summed E-state index contributed by atoms with van der Waals surface area (Å²) in [5.74, 6) is 0. The van der Waals surface area contributed by atoms with E-state index in [1.54, 1.807) is 12.1 Å². The van der Waals surface area contributed by atoms with Gasteiger partial charge in [0.1, 0.15) is 11.6 Å². The summed E-state index contributed by atoms with van der Waals surface area (Å²) in [6.45, 7) is 4.14. The standard InChI is InChI=1S/C53H33F3N4/c1-32-12-3-5-15-37(32)34-22-25-48-42(28-34)39-17-7-9-20-46(39)59(48)50-27-24-41(51-36(30-57)14-11-19-45(51)53(54,55)56)52(44(50)31-58)60-47-21-10-8-18-40(47)43-29-35(23-26-49(43)60)38-16-6-4-13-33(38)2/h3-29H,1-2H3. The fourth-order valence-electron chi connectivity index (χ4n) is 9.06. The summed E-state index contributed by atoms with van der Waals surface area (Å²) in [6, 6.07) is 55.9. The molecule has 2 aromatic heterocycles. The van der Waals surface area contributed by atoms with Crippen LogP contribution in [-0.2, 0) is 6.18 Å². The summed E-state index contributed by atoms with van der Waals surface area (Å²) < 4.78 is 49.2. The van der Waals surface area contributed by atoms with E-state index < -0.39 is 11.7 Å². The van der Waals surface area contributed by atoms with Crippen LogP contribution >= 0.6 is 0 Å². The first-order valence-corrected chi connectivity index (χ1v) is 19.5. The zero-order valence-electron chi connectivity index (χ0n) is 32.5. The lowest BCUT2D eigenvalue weighted by atomic mass is 9.90. The first-order chi connectivity index (χ1) is 29.2. The molecule has 7 heteroatoms. The lowest BCUT2D eigenvalue weighted by Gasteiger charge is -2.22. The summed E-state index contributed by atoms with van der Waals surface area (Å²) in [5.41, 5.74) is 9.17. The Kier molecular flexibility index (Phi) is 8.45. The fraction of sp³-hybridized carbons (Fsp3) is 0.0566. The Labute approximate surface area is 343 Å². The van der Waals surface area contributed by atoms with Crippen LogP contribution in [0, 0.1) is 36.5 Å². The van der Waals surface area contributed by atoms with E-state index in [2.05, 4.69) is 68.4 Å². The number of hydrogen-bond acceptors (Lipinski definition) is 2. The second-order valence-electron chi connectivity index (χ2n) is 15.1. The molecule has 0 saturated carbocycles.